The lowest BCUT2D eigenvalue weighted by molar-refractivity contribution is -0.140. The average molecular weight is 774 g/mol. The minimum atomic E-state index is -4.59. The predicted molar refractivity (Wildman–Crippen MR) is 194 cm³/mol. The van der Waals surface area contributed by atoms with E-state index in [1.54, 1.807) is 6.92 Å². The molecule has 284 valence electrons. The Morgan fingerprint density at radius 1 is 1.11 bits per heavy atom. The van der Waals surface area contributed by atoms with Crippen LogP contribution in [0.4, 0.5) is 18.9 Å². The highest BCUT2D eigenvalue weighted by molar-refractivity contribution is 7.91. The van der Waals surface area contributed by atoms with Gasteiger partial charge in [-0.05, 0) is 88.3 Å². The SMILES string of the molecule is Cc1ccc2nc(O[C@@H]3C[C@H]4C(=O)N[C@]5(C(=O)NS(=O)(=O)C6(C)CC6)C[C@@H]5/C=C\CCCCC[C@H](Nc5cccc(C(F)(F)F)c5)C(=O)N4C3)sc2c1. The Balaban J connectivity index is 1.19. The third kappa shape index (κ3) is 7.75. The van der Waals surface area contributed by atoms with E-state index in [4.69, 9.17) is 4.74 Å². The molecule has 0 bridgehead atoms. The van der Waals surface area contributed by atoms with E-state index in [-0.39, 0.29) is 31.5 Å². The van der Waals surface area contributed by atoms with Crippen LogP contribution >= 0.6 is 11.3 Å². The Morgan fingerprint density at radius 2 is 1.91 bits per heavy atom. The van der Waals surface area contributed by atoms with Crippen molar-refractivity contribution in [3.63, 3.8) is 0 Å². The predicted octanol–water partition coefficient (Wildman–Crippen LogP) is 5.85. The van der Waals surface area contributed by atoms with Crippen LogP contribution in [-0.2, 0) is 30.6 Å². The Hall–Kier alpha value is -4.18. The zero-order valence-corrected chi connectivity index (χ0v) is 31.0. The van der Waals surface area contributed by atoms with E-state index in [1.807, 2.05) is 37.3 Å². The highest BCUT2D eigenvalue weighted by Crippen LogP contribution is 2.47. The van der Waals surface area contributed by atoms with E-state index in [2.05, 4.69) is 20.3 Å². The first-order valence-electron chi connectivity index (χ1n) is 17.9. The smallest absolute Gasteiger partial charge is 0.416 e. The molecule has 3 aromatic rings. The number of benzene rings is 2. The molecule has 1 saturated heterocycles. The van der Waals surface area contributed by atoms with Gasteiger partial charge in [0.15, 0.2) is 0 Å². The van der Waals surface area contributed by atoms with Gasteiger partial charge in [-0.1, -0.05) is 48.5 Å². The summed E-state index contributed by atoms with van der Waals surface area (Å²) >= 11 is 1.33. The van der Waals surface area contributed by atoms with Crippen LogP contribution in [0.3, 0.4) is 0 Å². The zero-order chi connectivity index (χ0) is 37.8. The summed E-state index contributed by atoms with van der Waals surface area (Å²) in [5.74, 6) is -2.44. The molecule has 5 atom stereocenters. The number of hydrogen-bond acceptors (Lipinski definition) is 9. The summed E-state index contributed by atoms with van der Waals surface area (Å²) in [6.07, 6.45) is 2.52. The van der Waals surface area contributed by atoms with Crippen molar-refractivity contribution in [3.05, 3.63) is 65.7 Å². The molecule has 3 heterocycles. The number of aromatic nitrogens is 1. The Bertz CT molecular complexity index is 2070. The van der Waals surface area contributed by atoms with E-state index in [1.165, 1.54) is 28.4 Å². The third-order valence-corrected chi connectivity index (χ3v) is 13.9. The number of rotatable bonds is 7. The Morgan fingerprint density at radius 3 is 2.66 bits per heavy atom. The lowest BCUT2D eigenvalue weighted by Crippen LogP contribution is -2.58. The number of amides is 3. The van der Waals surface area contributed by atoms with Crippen molar-refractivity contribution >= 4 is 55.0 Å². The third-order valence-electron chi connectivity index (χ3n) is 10.8. The Kier molecular flexibility index (Phi) is 9.75. The molecular formula is C37H42F3N5O6S2. The topological polar surface area (TPSA) is 147 Å². The maximum atomic E-state index is 14.5. The number of hydrogen-bond donors (Lipinski definition) is 3. The van der Waals surface area contributed by atoms with Gasteiger partial charge in [-0.2, -0.15) is 13.2 Å². The number of ether oxygens (including phenoxy) is 1. The van der Waals surface area contributed by atoms with E-state index in [9.17, 15) is 36.0 Å². The molecule has 0 unspecified atom stereocenters. The molecule has 16 heteroatoms. The van der Waals surface area contributed by atoms with Crippen LogP contribution in [0.1, 0.15) is 75.8 Å². The second-order valence-electron chi connectivity index (χ2n) is 14.9. The van der Waals surface area contributed by atoms with Crippen molar-refractivity contribution in [2.75, 3.05) is 11.9 Å². The van der Waals surface area contributed by atoms with Gasteiger partial charge in [-0.25, -0.2) is 13.4 Å². The first-order valence-corrected chi connectivity index (χ1v) is 20.2. The van der Waals surface area contributed by atoms with Crippen LogP contribution in [0.25, 0.3) is 10.2 Å². The maximum Gasteiger partial charge on any atom is 0.416 e. The zero-order valence-electron chi connectivity index (χ0n) is 29.4. The van der Waals surface area contributed by atoms with Crippen LogP contribution in [0.2, 0.25) is 0 Å². The quantitative estimate of drug-likeness (QED) is 0.254. The number of carbonyl (C=O) groups excluding carboxylic acids is 3. The lowest BCUT2D eigenvalue weighted by Gasteiger charge is -2.30. The number of aryl methyl sites for hydroxylation is 1. The summed E-state index contributed by atoms with van der Waals surface area (Å²) in [6.45, 7) is 3.50. The first kappa shape index (κ1) is 37.1. The second kappa shape index (κ2) is 13.9. The number of carbonyl (C=O) groups is 3. The van der Waals surface area contributed by atoms with Crippen molar-refractivity contribution in [1.82, 2.24) is 19.9 Å². The summed E-state index contributed by atoms with van der Waals surface area (Å²) in [7, 11) is -4.01. The van der Waals surface area contributed by atoms with Gasteiger partial charge in [-0.3, -0.25) is 19.1 Å². The molecule has 1 aromatic heterocycles. The normalized spacial score (nSPS) is 28.1. The fraction of sp³-hybridized carbons (Fsp3) is 0.514. The van der Waals surface area contributed by atoms with Crippen LogP contribution in [-0.4, -0.2) is 71.0 Å². The van der Waals surface area contributed by atoms with Gasteiger partial charge in [-0.15, -0.1) is 0 Å². The van der Waals surface area contributed by atoms with Crippen LogP contribution in [0.5, 0.6) is 5.19 Å². The number of sulfonamides is 1. The lowest BCUT2D eigenvalue weighted by atomic mass is 10.0. The minimum absolute atomic E-state index is 0.0259. The number of nitrogens with one attached hydrogen (secondary N) is 3. The van der Waals surface area contributed by atoms with Gasteiger partial charge >= 0.3 is 6.18 Å². The molecule has 11 nitrogen and oxygen atoms in total. The van der Waals surface area contributed by atoms with Crippen molar-refractivity contribution < 1.29 is 40.7 Å². The molecule has 2 aliphatic carbocycles. The molecule has 3 amide bonds. The molecule has 53 heavy (non-hydrogen) atoms. The van der Waals surface area contributed by atoms with Gasteiger partial charge in [0.05, 0.1) is 27.1 Å². The molecule has 2 saturated carbocycles. The van der Waals surface area contributed by atoms with Crippen LogP contribution in [0, 0.1) is 12.8 Å². The highest BCUT2D eigenvalue weighted by Gasteiger charge is 2.63. The van der Waals surface area contributed by atoms with Gasteiger partial charge in [0, 0.05) is 18.0 Å². The highest BCUT2D eigenvalue weighted by atomic mass is 32.2. The number of alkyl halides is 3. The summed E-state index contributed by atoms with van der Waals surface area (Å²) in [5, 5.41) is 6.22. The van der Waals surface area contributed by atoms with Gasteiger partial charge in [0.2, 0.25) is 21.8 Å². The largest absolute Gasteiger partial charge is 0.465 e. The van der Waals surface area contributed by atoms with Crippen molar-refractivity contribution in [3.8, 4) is 5.19 Å². The summed E-state index contributed by atoms with van der Waals surface area (Å²) in [5.41, 5.74) is -0.513. The average Bonchev–Trinajstić information content (AvgIpc) is 3.91. The molecule has 3 N–H and O–H groups in total. The van der Waals surface area contributed by atoms with E-state index < -0.39 is 73.9 Å². The molecular weight excluding hydrogens is 732 g/mol. The van der Waals surface area contributed by atoms with E-state index in [0.717, 1.165) is 40.8 Å². The van der Waals surface area contributed by atoms with E-state index in [0.29, 0.717) is 30.9 Å². The van der Waals surface area contributed by atoms with Crippen LogP contribution in [0.15, 0.2) is 54.6 Å². The Labute approximate surface area is 309 Å². The number of fused-ring (bicyclic) bond motifs is 3. The summed E-state index contributed by atoms with van der Waals surface area (Å²) in [4.78, 5) is 48.5. The first-order chi connectivity index (χ1) is 25.1. The van der Waals surface area contributed by atoms with Gasteiger partial charge in [0.25, 0.3) is 11.1 Å². The van der Waals surface area contributed by atoms with Crippen molar-refractivity contribution in [2.24, 2.45) is 5.92 Å². The summed E-state index contributed by atoms with van der Waals surface area (Å²) in [6, 6.07) is 8.32. The standard InChI is InChI=1S/C37H42F3N5O6S2/c1-22-13-14-27-30(17-22)52-34(42-27)51-26-19-29-31(46)43-36(33(48)44-53(49,50)35(2)15-16-35)20-24(36)9-6-4-3-5-7-12-28(32(47)45(29)21-26)41-25-11-8-10-23(18-25)37(38,39)40/h6,8-11,13-14,17-18,24,26,28-29,41H,3-5,7,12,15-16,19-21H2,1-2H3,(H,43,46)(H,44,48)/b9-6-/t24-,26+,28-,29-,36+/m0/s1. The second-order valence-corrected chi connectivity index (χ2v) is 18.1. The number of thiazole rings is 1. The van der Waals surface area contributed by atoms with Gasteiger partial charge < -0.3 is 20.3 Å². The van der Waals surface area contributed by atoms with Gasteiger partial charge in [0.1, 0.15) is 23.7 Å². The molecule has 7 rings (SSSR count). The molecule has 3 fully saturated rings. The van der Waals surface area contributed by atoms with E-state index >= 15 is 0 Å². The molecule has 0 spiro atoms. The fourth-order valence-corrected chi connectivity index (χ4v) is 9.43. The molecule has 0 radical (unpaired) electrons. The number of halogens is 3. The van der Waals surface area contributed by atoms with Crippen molar-refractivity contribution in [1.29, 1.82) is 0 Å². The van der Waals surface area contributed by atoms with Crippen LogP contribution < -0.4 is 20.1 Å². The number of allylic oxidation sites excluding steroid dienone is 1. The number of nitrogens with zero attached hydrogens (tertiary/aromatic N) is 2. The van der Waals surface area contributed by atoms with Crippen molar-refractivity contribution in [2.45, 2.75) is 106 Å². The maximum absolute atomic E-state index is 14.5. The monoisotopic (exact) mass is 773 g/mol. The number of anilines is 1. The fourth-order valence-electron chi connectivity index (χ4n) is 7.14. The minimum Gasteiger partial charge on any atom is -0.465 e. The molecule has 2 aromatic carbocycles. The molecule has 4 aliphatic rings. The summed E-state index contributed by atoms with van der Waals surface area (Å²) < 4.78 is 75.4. The molecule has 2 aliphatic heterocycles.